The molecule has 0 heterocycles. The summed E-state index contributed by atoms with van der Waals surface area (Å²) in [6, 6.07) is 36.7. The summed E-state index contributed by atoms with van der Waals surface area (Å²) in [6.07, 6.45) is 14.4. The molecule has 3 aliphatic carbocycles. The van der Waals surface area contributed by atoms with Crippen LogP contribution in [0.3, 0.4) is 0 Å². The van der Waals surface area contributed by atoms with Gasteiger partial charge in [0.15, 0.2) is 0 Å². The Morgan fingerprint density at radius 2 is 1.23 bits per heavy atom. The first-order valence-corrected chi connectivity index (χ1v) is 16.3. The van der Waals surface area contributed by atoms with Gasteiger partial charge in [-0.2, -0.15) is 0 Å². The largest absolute Gasteiger partial charge is 0.0839 e. The fraction of sp³-hybridized carbons (Fsp3) is 0.182. The smallest absolute Gasteiger partial charge is 0.0145 e. The van der Waals surface area contributed by atoms with E-state index in [-0.39, 0.29) is 0 Å². The lowest BCUT2D eigenvalue weighted by Crippen LogP contribution is -2.19. The SMILES string of the molecule is Cc1cccc2c(-c3c4ccccc4c(C4CC5=C(CCC=C5)C5=C4C=CC(C)C5)c4ccccc34)c3ccccc3cc12. The molecule has 0 saturated heterocycles. The van der Waals surface area contributed by atoms with Gasteiger partial charge >= 0.3 is 0 Å². The third kappa shape index (κ3) is 3.77. The minimum absolute atomic E-state index is 0.339. The average molecular weight is 565 g/mol. The molecule has 0 fully saturated rings. The van der Waals surface area contributed by atoms with Crippen LogP contribution in [0.15, 0.2) is 144 Å². The maximum absolute atomic E-state index is 2.49. The highest BCUT2D eigenvalue weighted by atomic mass is 14.4. The number of aryl methyl sites for hydroxylation is 1. The van der Waals surface area contributed by atoms with Gasteiger partial charge in [-0.1, -0.05) is 122 Å². The van der Waals surface area contributed by atoms with Crippen molar-refractivity contribution in [2.24, 2.45) is 5.92 Å². The third-order valence-electron chi connectivity index (χ3n) is 10.6. The van der Waals surface area contributed by atoms with Crippen molar-refractivity contribution in [2.45, 2.75) is 45.4 Å². The summed E-state index contributed by atoms with van der Waals surface area (Å²) in [5, 5.41) is 10.8. The Morgan fingerprint density at radius 3 is 2.00 bits per heavy atom. The van der Waals surface area contributed by atoms with E-state index in [2.05, 4.69) is 135 Å². The van der Waals surface area contributed by atoms with E-state index in [9.17, 15) is 0 Å². The Labute approximate surface area is 259 Å². The van der Waals surface area contributed by atoms with Gasteiger partial charge in [0, 0.05) is 5.92 Å². The summed E-state index contributed by atoms with van der Waals surface area (Å²) in [6.45, 7) is 4.62. The second kappa shape index (κ2) is 9.93. The van der Waals surface area contributed by atoms with Gasteiger partial charge in [0.05, 0.1) is 0 Å². The lowest BCUT2D eigenvalue weighted by Gasteiger charge is -2.36. The first-order chi connectivity index (χ1) is 21.7. The summed E-state index contributed by atoms with van der Waals surface area (Å²) in [4.78, 5) is 0. The van der Waals surface area contributed by atoms with Crippen LogP contribution < -0.4 is 0 Å². The molecule has 0 amide bonds. The maximum atomic E-state index is 2.49. The molecule has 0 nitrogen and oxygen atoms in total. The molecule has 0 aliphatic heterocycles. The minimum atomic E-state index is 0.339. The lowest BCUT2D eigenvalue weighted by molar-refractivity contribution is 0.652. The van der Waals surface area contributed by atoms with Crippen molar-refractivity contribution in [3.8, 4) is 11.1 Å². The summed E-state index contributed by atoms with van der Waals surface area (Å²) in [5.74, 6) is 0.928. The van der Waals surface area contributed by atoms with Crippen molar-refractivity contribution in [2.75, 3.05) is 0 Å². The number of allylic oxidation sites excluding steroid dienone is 8. The normalized spacial score (nSPS) is 19.8. The van der Waals surface area contributed by atoms with Crippen molar-refractivity contribution in [3.05, 3.63) is 155 Å². The molecule has 0 aromatic heterocycles. The van der Waals surface area contributed by atoms with Gasteiger partial charge in [0.25, 0.3) is 0 Å². The van der Waals surface area contributed by atoms with E-state index in [0.717, 1.165) is 19.3 Å². The van der Waals surface area contributed by atoms with Crippen LogP contribution in [0.2, 0.25) is 0 Å². The van der Waals surface area contributed by atoms with E-state index in [1.807, 2.05) is 0 Å². The van der Waals surface area contributed by atoms with Crippen LogP contribution in [0.4, 0.5) is 0 Å². The van der Waals surface area contributed by atoms with E-state index in [1.54, 1.807) is 22.3 Å². The van der Waals surface area contributed by atoms with E-state index in [1.165, 1.54) is 71.8 Å². The first-order valence-electron chi connectivity index (χ1n) is 16.3. The molecule has 6 aromatic carbocycles. The standard InChI is InChI=1S/C44H36/c1-27-22-23-33-40(24-27)31-15-5-3-13-29(31)26-41(33)42-34-17-7-9-19-36(34)44(37-20-10-8-18-35(37)42)43-32-16-6-4-14-30(32)25-39-28(2)12-11-21-38(39)43/h3-4,6-14,16-23,25,27,41H,5,15,24,26H2,1-2H3. The molecule has 0 saturated carbocycles. The average Bonchev–Trinajstić information content (AvgIpc) is 3.06. The zero-order valence-electron chi connectivity index (χ0n) is 25.5. The van der Waals surface area contributed by atoms with Crippen LogP contribution in [0.5, 0.6) is 0 Å². The van der Waals surface area contributed by atoms with Gasteiger partial charge in [0.2, 0.25) is 0 Å². The molecule has 6 aromatic rings. The molecule has 0 heteroatoms. The summed E-state index contributed by atoms with van der Waals surface area (Å²) in [5.41, 5.74) is 11.9. The van der Waals surface area contributed by atoms with E-state index in [4.69, 9.17) is 0 Å². The number of hydrogen-bond donors (Lipinski definition) is 0. The van der Waals surface area contributed by atoms with Gasteiger partial charge < -0.3 is 0 Å². The van der Waals surface area contributed by atoms with Crippen molar-refractivity contribution in [1.29, 1.82) is 0 Å². The maximum Gasteiger partial charge on any atom is 0.0145 e. The van der Waals surface area contributed by atoms with Crippen molar-refractivity contribution >= 4 is 43.1 Å². The topological polar surface area (TPSA) is 0 Å². The molecule has 3 aliphatic rings. The Kier molecular flexibility index (Phi) is 5.82. The zero-order chi connectivity index (χ0) is 29.4. The predicted molar refractivity (Wildman–Crippen MR) is 189 cm³/mol. The Morgan fingerprint density at radius 1 is 0.591 bits per heavy atom. The number of rotatable bonds is 2. The van der Waals surface area contributed by atoms with Crippen molar-refractivity contribution in [1.82, 2.24) is 0 Å². The zero-order valence-corrected chi connectivity index (χ0v) is 25.5. The second-order valence-corrected chi connectivity index (χ2v) is 13.2. The number of fused-ring (bicyclic) bond motifs is 5. The summed E-state index contributed by atoms with van der Waals surface area (Å²) >= 11 is 0. The fourth-order valence-corrected chi connectivity index (χ4v) is 8.66. The van der Waals surface area contributed by atoms with Crippen molar-refractivity contribution < 1.29 is 0 Å². The fourth-order valence-electron chi connectivity index (χ4n) is 8.66. The summed E-state index contributed by atoms with van der Waals surface area (Å²) < 4.78 is 0. The minimum Gasteiger partial charge on any atom is -0.0839 e. The Balaban J connectivity index is 1.42. The van der Waals surface area contributed by atoms with Crippen LogP contribution in [0.25, 0.3) is 54.2 Å². The molecule has 0 spiro atoms. The highest BCUT2D eigenvalue weighted by Crippen LogP contribution is 2.53. The quantitative estimate of drug-likeness (QED) is 0.184. The molecule has 9 rings (SSSR count). The van der Waals surface area contributed by atoms with Gasteiger partial charge in [-0.25, -0.2) is 0 Å². The summed E-state index contributed by atoms with van der Waals surface area (Å²) in [7, 11) is 0. The third-order valence-corrected chi connectivity index (χ3v) is 10.6. The van der Waals surface area contributed by atoms with Gasteiger partial charge in [-0.3, -0.25) is 0 Å². The number of hydrogen-bond acceptors (Lipinski definition) is 0. The molecule has 44 heavy (non-hydrogen) atoms. The Bertz CT molecular complexity index is 2240. The molecule has 2 unspecified atom stereocenters. The van der Waals surface area contributed by atoms with Crippen molar-refractivity contribution in [3.63, 3.8) is 0 Å². The van der Waals surface area contributed by atoms with E-state index < -0.39 is 0 Å². The number of benzene rings is 6. The molecular formula is C44H36. The van der Waals surface area contributed by atoms with Crippen LogP contribution in [-0.2, 0) is 0 Å². The van der Waals surface area contributed by atoms with Crippen LogP contribution in [-0.4, -0.2) is 0 Å². The molecule has 0 N–H and O–H groups in total. The van der Waals surface area contributed by atoms with Gasteiger partial charge in [-0.15, -0.1) is 0 Å². The monoisotopic (exact) mass is 564 g/mol. The second-order valence-electron chi connectivity index (χ2n) is 13.2. The first kappa shape index (κ1) is 25.8. The Hall–Kier alpha value is -4.68. The van der Waals surface area contributed by atoms with Crippen LogP contribution in [0.1, 0.15) is 49.7 Å². The highest BCUT2D eigenvalue weighted by molar-refractivity contribution is 6.24. The van der Waals surface area contributed by atoms with E-state index >= 15 is 0 Å². The van der Waals surface area contributed by atoms with Crippen LogP contribution in [0, 0.1) is 12.8 Å². The molecule has 212 valence electrons. The highest BCUT2D eigenvalue weighted by Gasteiger charge is 2.33. The molecule has 0 radical (unpaired) electrons. The molecular weight excluding hydrogens is 528 g/mol. The van der Waals surface area contributed by atoms with Crippen LogP contribution >= 0.6 is 0 Å². The van der Waals surface area contributed by atoms with Gasteiger partial charge in [0.1, 0.15) is 0 Å². The predicted octanol–water partition coefficient (Wildman–Crippen LogP) is 12.3. The lowest BCUT2D eigenvalue weighted by atomic mass is 9.68. The molecule has 2 atom stereocenters. The van der Waals surface area contributed by atoms with E-state index in [0.29, 0.717) is 11.8 Å². The molecule has 0 bridgehead atoms. The van der Waals surface area contributed by atoms with Gasteiger partial charge in [-0.05, 0) is 132 Å².